The first-order valence-corrected chi connectivity index (χ1v) is 8.03. The molecule has 3 rings (SSSR count). The van der Waals surface area contributed by atoms with Gasteiger partial charge in [0, 0.05) is 19.2 Å². The highest BCUT2D eigenvalue weighted by atomic mass is 16.5. The number of nitrogens with zero attached hydrogens (tertiary/aromatic N) is 3. The van der Waals surface area contributed by atoms with Gasteiger partial charge in [-0.2, -0.15) is 0 Å². The van der Waals surface area contributed by atoms with Crippen molar-refractivity contribution < 1.29 is 14.3 Å². The molecular weight excluding hydrogens is 306 g/mol. The van der Waals surface area contributed by atoms with Crippen molar-refractivity contribution >= 4 is 29.0 Å². The van der Waals surface area contributed by atoms with Crippen molar-refractivity contribution in [2.24, 2.45) is 0 Å². The fourth-order valence-corrected chi connectivity index (χ4v) is 2.66. The van der Waals surface area contributed by atoms with Crippen molar-refractivity contribution in [3.05, 3.63) is 42.2 Å². The molecule has 0 spiro atoms. The molecule has 2 heterocycles. The number of aromatic nitrogens is 2. The molecular formula is C18H19N3O3. The van der Waals surface area contributed by atoms with Crippen LogP contribution in [0, 0.1) is 0 Å². The number of carbonyl (C=O) groups excluding carboxylic acids is 2. The highest BCUT2D eigenvalue weighted by Gasteiger charge is 2.25. The number of amides is 1. The maximum absolute atomic E-state index is 12.1. The number of benzene rings is 1. The number of esters is 1. The van der Waals surface area contributed by atoms with Crippen LogP contribution >= 0.6 is 0 Å². The Labute approximate surface area is 140 Å². The lowest BCUT2D eigenvalue weighted by atomic mass is 10.3. The van der Waals surface area contributed by atoms with E-state index in [1.807, 2.05) is 24.3 Å². The summed E-state index contributed by atoms with van der Waals surface area (Å²) in [6, 6.07) is 7.50. The van der Waals surface area contributed by atoms with E-state index in [2.05, 4.69) is 9.97 Å². The predicted octanol–water partition coefficient (Wildman–Crippen LogP) is 2.20. The molecule has 2 aromatic rings. The number of hydrogen-bond acceptors (Lipinski definition) is 5. The zero-order chi connectivity index (χ0) is 16.9. The van der Waals surface area contributed by atoms with Gasteiger partial charge in [0.15, 0.2) is 6.10 Å². The van der Waals surface area contributed by atoms with E-state index in [0.717, 1.165) is 37.0 Å². The molecule has 1 aliphatic heterocycles. The van der Waals surface area contributed by atoms with Gasteiger partial charge in [-0.05, 0) is 38.0 Å². The summed E-state index contributed by atoms with van der Waals surface area (Å²) in [5.74, 6) is -0.704. The highest BCUT2D eigenvalue weighted by Crippen LogP contribution is 2.11. The fraction of sp³-hybridized carbons (Fsp3) is 0.333. The summed E-state index contributed by atoms with van der Waals surface area (Å²) >= 11 is 0. The van der Waals surface area contributed by atoms with E-state index in [1.165, 1.54) is 12.2 Å². The SMILES string of the molecule is CC(OC(=O)/C=C/c1cnc2ccccc2n1)C(=O)N1CCCC1. The highest BCUT2D eigenvalue weighted by molar-refractivity contribution is 5.90. The lowest BCUT2D eigenvalue weighted by Crippen LogP contribution is -2.37. The van der Waals surface area contributed by atoms with Crippen LogP contribution in [0.25, 0.3) is 17.1 Å². The average molecular weight is 325 g/mol. The number of para-hydroxylation sites is 2. The first-order chi connectivity index (χ1) is 11.6. The topological polar surface area (TPSA) is 72.4 Å². The normalized spacial score (nSPS) is 15.8. The summed E-state index contributed by atoms with van der Waals surface area (Å²) in [5.41, 5.74) is 2.11. The molecule has 0 N–H and O–H groups in total. The van der Waals surface area contributed by atoms with Crippen molar-refractivity contribution in [1.82, 2.24) is 14.9 Å². The molecule has 1 aliphatic rings. The molecule has 124 valence electrons. The smallest absolute Gasteiger partial charge is 0.331 e. The van der Waals surface area contributed by atoms with Gasteiger partial charge in [-0.3, -0.25) is 9.78 Å². The maximum Gasteiger partial charge on any atom is 0.331 e. The van der Waals surface area contributed by atoms with Crippen molar-refractivity contribution in [3.63, 3.8) is 0 Å². The molecule has 0 bridgehead atoms. The Morgan fingerprint density at radius 2 is 1.92 bits per heavy atom. The third kappa shape index (κ3) is 3.76. The summed E-state index contributed by atoms with van der Waals surface area (Å²) in [7, 11) is 0. The minimum Gasteiger partial charge on any atom is -0.449 e. The molecule has 1 unspecified atom stereocenters. The monoisotopic (exact) mass is 325 g/mol. The first-order valence-electron chi connectivity index (χ1n) is 8.03. The number of carbonyl (C=O) groups is 2. The molecule has 24 heavy (non-hydrogen) atoms. The molecule has 0 aliphatic carbocycles. The Balaban J connectivity index is 1.60. The molecule has 1 aromatic heterocycles. The molecule has 6 nitrogen and oxygen atoms in total. The Hall–Kier alpha value is -2.76. The third-order valence-corrected chi connectivity index (χ3v) is 3.92. The van der Waals surface area contributed by atoms with E-state index in [0.29, 0.717) is 5.69 Å². The van der Waals surface area contributed by atoms with E-state index in [9.17, 15) is 9.59 Å². The van der Waals surface area contributed by atoms with Gasteiger partial charge in [-0.15, -0.1) is 0 Å². The standard InChI is InChI=1S/C18H19N3O3/c1-13(18(23)21-10-4-5-11-21)24-17(22)9-8-14-12-19-15-6-2-3-7-16(15)20-14/h2-3,6-9,12-13H,4-5,10-11H2,1H3/b9-8+. The zero-order valence-electron chi connectivity index (χ0n) is 13.5. The average Bonchev–Trinajstić information content (AvgIpc) is 3.13. The number of rotatable bonds is 4. The van der Waals surface area contributed by atoms with Gasteiger partial charge in [-0.25, -0.2) is 9.78 Å². The molecule has 1 atom stereocenters. The minimum absolute atomic E-state index is 0.139. The van der Waals surface area contributed by atoms with Gasteiger partial charge in [0.05, 0.1) is 22.9 Å². The lowest BCUT2D eigenvalue weighted by Gasteiger charge is -2.19. The first kappa shape index (κ1) is 16.1. The summed E-state index contributed by atoms with van der Waals surface area (Å²) in [6.45, 7) is 3.08. The number of ether oxygens (including phenoxy) is 1. The lowest BCUT2D eigenvalue weighted by molar-refractivity contribution is -0.154. The number of fused-ring (bicyclic) bond motifs is 1. The summed E-state index contributed by atoms with van der Waals surface area (Å²) < 4.78 is 5.17. The number of likely N-dealkylation sites (tertiary alicyclic amines) is 1. The predicted molar refractivity (Wildman–Crippen MR) is 89.9 cm³/mol. The van der Waals surface area contributed by atoms with Gasteiger partial charge in [0.2, 0.25) is 0 Å². The van der Waals surface area contributed by atoms with Gasteiger partial charge in [-0.1, -0.05) is 12.1 Å². The van der Waals surface area contributed by atoms with Crippen molar-refractivity contribution in [1.29, 1.82) is 0 Å². The van der Waals surface area contributed by atoms with Crippen molar-refractivity contribution in [2.45, 2.75) is 25.9 Å². The van der Waals surface area contributed by atoms with Crippen LogP contribution in [-0.2, 0) is 14.3 Å². The van der Waals surface area contributed by atoms with Gasteiger partial charge in [0.1, 0.15) is 0 Å². The number of hydrogen-bond donors (Lipinski definition) is 0. The third-order valence-electron chi connectivity index (χ3n) is 3.92. The van der Waals surface area contributed by atoms with Crippen LogP contribution in [0.1, 0.15) is 25.5 Å². The molecule has 1 aromatic carbocycles. The molecule has 0 radical (unpaired) electrons. The Bertz CT molecular complexity index is 782. The van der Waals surface area contributed by atoms with Gasteiger partial charge >= 0.3 is 5.97 Å². The molecule has 1 saturated heterocycles. The molecule has 1 fully saturated rings. The largest absolute Gasteiger partial charge is 0.449 e. The minimum atomic E-state index is -0.775. The summed E-state index contributed by atoms with van der Waals surface area (Å²) in [5, 5.41) is 0. The fourth-order valence-electron chi connectivity index (χ4n) is 2.66. The van der Waals surface area contributed by atoms with Crippen molar-refractivity contribution in [2.75, 3.05) is 13.1 Å². The Kier molecular flexibility index (Phi) is 4.84. The van der Waals surface area contributed by atoms with Gasteiger partial charge < -0.3 is 9.64 Å². The quantitative estimate of drug-likeness (QED) is 0.636. The van der Waals surface area contributed by atoms with E-state index in [-0.39, 0.29) is 5.91 Å². The molecule has 0 saturated carbocycles. The van der Waals surface area contributed by atoms with Crippen LogP contribution in [0.4, 0.5) is 0 Å². The van der Waals surface area contributed by atoms with E-state index < -0.39 is 12.1 Å². The van der Waals surface area contributed by atoms with Crippen LogP contribution in [0.5, 0.6) is 0 Å². The van der Waals surface area contributed by atoms with Gasteiger partial charge in [0.25, 0.3) is 5.91 Å². The molecule has 6 heteroatoms. The van der Waals surface area contributed by atoms with E-state index >= 15 is 0 Å². The second-order valence-corrected chi connectivity index (χ2v) is 5.73. The molecule has 1 amide bonds. The summed E-state index contributed by atoms with van der Waals surface area (Å²) in [6.07, 6.45) is 5.63. The second kappa shape index (κ2) is 7.21. The Morgan fingerprint density at radius 3 is 2.67 bits per heavy atom. The zero-order valence-corrected chi connectivity index (χ0v) is 13.5. The Morgan fingerprint density at radius 1 is 1.21 bits per heavy atom. The van der Waals surface area contributed by atoms with Crippen LogP contribution in [0.15, 0.2) is 36.5 Å². The van der Waals surface area contributed by atoms with Crippen molar-refractivity contribution in [3.8, 4) is 0 Å². The van der Waals surface area contributed by atoms with E-state index in [4.69, 9.17) is 4.74 Å². The van der Waals surface area contributed by atoms with Crippen LogP contribution in [-0.4, -0.2) is 45.9 Å². The van der Waals surface area contributed by atoms with Crippen LogP contribution in [0.3, 0.4) is 0 Å². The second-order valence-electron chi connectivity index (χ2n) is 5.73. The van der Waals surface area contributed by atoms with Crippen LogP contribution < -0.4 is 0 Å². The van der Waals surface area contributed by atoms with Crippen LogP contribution in [0.2, 0.25) is 0 Å². The van der Waals surface area contributed by atoms with E-state index in [1.54, 1.807) is 18.0 Å². The maximum atomic E-state index is 12.1. The summed E-state index contributed by atoms with van der Waals surface area (Å²) in [4.78, 5) is 34.4.